The van der Waals surface area contributed by atoms with Gasteiger partial charge in [-0.2, -0.15) is 0 Å². The minimum atomic E-state index is -1.33. The van der Waals surface area contributed by atoms with E-state index in [0.717, 1.165) is 22.4 Å². The van der Waals surface area contributed by atoms with Gasteiger partial charge in [-0.3, -0.25) is 14.6 Å². The molecule has 314 valence electrons. The van der Waals surface area contributed by atoms with E-state index in [4.69, 9.17) is 0 Å². The topological polar surface area (TPSA) is 184 Å². The number of amides is 5. The summed E-state index contributed by atoms with van der Waals surface area (Å²) >= 11 is 0. The Morgan fingerprint density at radius 3 is 2.00 bits per heavy atom. The lowest BCUT2D eigenvalue weighted by atomic mass is 9.84. The number of benzene rings is 3. The lowest BCUT2D eigenvalue weighted by Crippen LogP contribution is -2.59. The zero-order chi connectivity index (χ0) is 42.9. The third-order valence-corrected chi connectivity index (χ3v) is 10.6. The predicted octanol–water partition coefficient (Wildman–Crippen LogP) is 5.99. The quantitative estimate of drug-likeness (QED) is 0.0797. The molecule has 0 bridgehead atoms. The molecule has 6 N–H and O–H groups in total. The largest absolute Gasteiger partial charge is 0.508 e. The number of pyridine rings is 1. The zero-order valence-corrected chi connectivity index (χ0v) is 34.8. The number of nitrogens with one attached hydrogen (secondary N) is 3. The van der Waals surface area contributed by atoms with E-state index in [9.17, 15) is 34.5 Å². The molecule has 0 spiro atoms. The number of aliphatic hydroxyl groups is 1. The van der Waals surface area contributed by atoms with Crippen molar-refractivity contribution in [3.8, 4) is 17.0 Å². The average molecular weight is 807 g/mol. The van der Waals surface area contributed by atoms with Crippen LogP contribution in [-0.2, 0) is 29.0 Å². The highest BCUT2D eigenvalue weighted by atomic mass is 16.4. The summed E-state index contributed by atoms with van der Waals surface area (Å²) in [5.74, 6) is -0.886. The third kappa shape index (κ3) is 12.0. The van der Waals surface area contributed by atoms with Crippen molar-refractivity contribution >= 4 is 23.9 Å². The Kier molecular flexibility index (Phi) is 14.4. The van der Waals surface area contributed by atoms with Crippen LogP contribution in [0, 0.1) is 10.8 Å². The highest BCUT2D eigenvalue weighted by molar-refractivity contribution is 5.89. The SMILES string of the molecule is CC(C)(C)[C@H](NC(=O)O)C(=O)N[C@@H](Cc1ccc(-c2ccccn2)cc1)C[C@H](O)[C@H](Cc1ccccc1)NC(=O)[C@@H](N1CCN(Cc2ccccc2O)C1=O)C(C)(C)C. The molecule has 1 aliphatic rings. The number of carbonyl (C=O) groups is 4. The van der Waals surface area contributed by atoms with Crippen LogP contribution >= 0.6 is 0 Å². The number of urea groups is 1. The number of phenols is 1. The molecule has 13 heteroatoms. The van der Waals surface area contributed by atoms with Crippen LogP contribution in [0.4, 0.5) is 9.59 Å². The molecule has 0 saturated carbocycles. The number of hydrogen-bond acceptors (Lipinski definition) is 7. The Hall–Kier alpha value is -5.95. The van der Waals surface area contributed by atoms with E-state index in [1.165, 1.54) is 0 Å². The number of hydrogen-bond donors (Lipinski definition) is 6. The van der Waals surface area contributed by atoms with Crippen LogP contribution in [-0.4, -0.2) is 97.4 Å². The normalized spacial score (nSPS) is 15.8. The number of aliphatic hydroxyl groups excluding tert-OH is 1. The second kappa shape index (κ2) is 19.2. The summed E-state index contributed by atoms with van der Waals surface area (Å²) in [6, 6.07) is 25.8. The van der Waals surface area contributed by atoms with Crippen molar-refractivity contribution < 1.29 is 34.5 Å². The lowest BCUT2D eigenvalue weighted by Gasteiger charge is -2.38. The van der Waals surface area contributed by atoms with Crippen molar-refractivity contribution in [2.24, 2.45) is 10.8 Å². The molecule has 13 nitrogen and oxygen atoms in total. The predicted molar refractivity (Wildman–Crippen MR) is 226 cm³/mol. The highest BCUT2D eigenvalue weighted by Gasteiger charge is 2.44. The van der Waals surface area contributed by atoms with Gasteiger partial charge in [-0.1, -0.05) is 120 Å². The van der Waals surface area contributed by atoms with Gasteiger partial charge in [-0.05, 0) is 59.4 Å². The molecule has 3 aromatic carbocycles. The molecule has 4 aromatic rings. The Balaban J connectivity index is 1.41. The van der Waals surface area contributed by atoms with Crippen LogP contribution in [0.3, 0.4) is 0 Å². The van der Waals surface area contributed by atoms with Gasteiger partial charge >= 0.3 is 12.1 Å². The van der Waals surface area contributed by atoms with Crippen LogP contribution in [0.15, 0.2) is 103 Å². The average Bonchev–Trinajstić information content (AvgIpc) is 3.52. The fourth-order valence-corrected chi connectivity index (χ4v) is 7.62. The summed E-state index contributed by atoms with van der Waals surface area (Å²) in [5.41, 5.74) is 2.56. The van der Waals surface area contributed by atoms with Crippen molar-refractivity contribution in [3.63, 3.8) is 0 Å². The first-order valence-corrected chi connectivity index (χ1v) is 20.1. The molecule has 5 rings (SSSR count). The standard InChI is InChI=1S/C46H58N6O7/c1-45(2,3)39(50-43(57)58)41(55)48-34(26-31-19-21-32(22-20-31)35-17-12-13-23-47-35)28-38(54)36(27-30-14-8-7-9-15-30)49-42(56)40(46(4,5)6)52-25-24-51(44(52)59)29-33-16-10-11-18-37(33)53/h7-23,34,36,38-40,50,53-54H,24-29H2,1-6H3,(H,48,55)(H,49,56)(H,57,58)/t34-,36-,38-,39+,40+/m0/s1. The summed E-state index contributed by atoms with van der Waals surface area (Å²) < 4.78 is 0. The maximum Gasteiger partial charge on any atom is 0.405 e. The van der Waals surface area contributed by atoms with Gasteiger partial charge in [0.25, 0.3) is 0 Å². The minimum Gasteiger partial charge on any atom is -0.508 e. The summed E-state index contributed by atoms with van der Waals surface area (Å²) in [5, 5.41) is 40.6. The Labute approximate surface area is 346 Å². The molecule has 1 fully saturated rings. The van der Waals surface area contributed by atoms with E-state index in [0.29, 0.717) is 25.1 Å². The van der Waals surface area contributed by atoms with Crippen molar-refractivity contribution in [2.75, 3.05) is 13.1 Å². The van der Waals surface area contributed by atoms with E-state index in [1.54, 1.807) is 61.0 Å². The van der Waals surface area contributed by atoms with Crippen LogP contribution in [0.25, 0.3) is 11.3 Å². The molecule has 5 amide bonds. The second-order valence-electron chi connectivity index (χ2n) is 17.5. The summed E-state index contributed by atoms with van der Waals surface area (Å²) in [7, 11) is 0. The third-order valence-electron chi connectivity index (χ3n) is 10.6. The van der Waals surface area contributed by atoms with Crippen LogP contribution in [0.5, 0.6) is 5.75 Å². The first-order chi connectivity index (χ1) is 27.9. The molecule has 0 aliphatic carbocycles. The summed E-state index contributed by atoms with van der Waals surface area (Å²) in [4.78, 5) is 61.7. The van der Waals surface area contributed by atoms with Crippen molar-refractivity contribution in [1.29, 1.82) is 0 Å². The molecule has 59 heavy (non-hydrogen) atoms. The molecule has 1 aromatic heterocycles. The van der Waals surface area contributed by atoms with Gasteiger partial charge in [0.1, 0.15) is 17.8 Å². The zero-order valence-electron chi connectivity index (χ0n) is 34.8. The number of aromatic hydroxyl groups is 1. The molecule has 0 radical (unpaired) electrons. The van der Waals surface area contributed by atoms with Gasteiger partial charge in [-0.25, -0.2) is 9.59 Å². The van der Waals surface area contributed by atoms with Crippen molar-refractivity contribution in [1.82, 2.24) is 30.7 Å². The van der Waals surface area contributed by atoms with Crippen molar-refractivity contribution in [2.45, 2.75) is 97.6 Å². The monoisotopic (exact) mass is 806 g/mol. The van der Waals surface area contributed by atoms with E-state index >= 15 is 0 Å². The maximum atomic E-state index is 14.5. The van der Waals surface area contributed by atoms with Crippen molar-refractivity contribution in [3.05, 3.63) is 120 Å². The van der Waals surface area contributed by atoms with Gasteiger partial charge < -0.3 is 41.1 Å². The van der Waals surface area contributed by atoms with E-state index in [1.807, 2.05) is 93.6 Å². The molecular formula is C46H58N6O7. The number of rotatable bonds is 16. The number of aromatic nitrogens is 1. The fraction of sp³-hybridized carbons (Fsp3) is 0.413. The molecule has 1 aliphatic heterocycles. The molecule has 1 saturated heterocycles. The summed E-state index contributed by atoms with van der Waals surface area (Å²) in [6.45, 7) is 11.8. The number of nitrogens with zero attached hydrogens (tertiary/aromatic N) is 3. The second-order valence-corrected chi connectivity index (χ2v) is 17.5. The van der Waals surface area contributed by atoms with Gasteiger partial charge in [0, 0.05) is 36.5 Å². The smallest absolute Gasteiger partial charge is 0.405 e. The molecule has 5 atom stereocenters. The van der Waals surface area contributed by atoms with E-state index in [2.05, 4.69) is 20.9 Å². The van der Waals surface area contributed by atoms with Gasteiger partial charge in [0.05, 0.1) is 24.4 Å². The number of carbonyl (C=O) groups excluding carboxylic acids is 3. The van der Waals surface area contributed by atoms with Gasteiger partial charge in [0.15, 0.2) is 0 Å². The first-order valence-electron chi connectivity index (χ1n) is 20.1. The molecule has 2 heterocycles. The minimum absolute atomic E-state index is 0.00657. The highest BCUT2D eigenvalue weighted by Crippen LogP contribution is 2.30. The van der Waals surface area contributed by atoms with Crippen LogP contribution in [0.1, 0.15) is 64.7 Å². The van der Waals surface area contributed by atoms with Gasteiger partial charge in [0.2, 0.25) is 11.8 Å². The lowest BCUT2D eigenvalue weighted by molar-refractivity contribution is -0.131. The van der Waals surface area contributed by atoms with Crippen LogP contribution < -0.4 is 16.0 Å². The summed E-state index contributed by atoms with van der Waals surface area (Å²) in [6.07, 6.45) is -0.253. The Morgan fingerprint density at radius 1 is 0.746 bits per heavy atom. The Bertz CT molecular complexity index is 2030. The molecule has 0 unspecified atom stereocenters. The Morgan fingerprint density at radius 2 is 1.39 bits per heavy atom. The molecular weight excluding hydrogens is 749 g/mol. The maximum absolute atomic E-state index is 14.5. The van der Waals surface area contributed by atoms with E-state index < -0.39 is 59.0 Å². The number of carboxylic acid groups (broad SMARTS) is 1. The fourth-order valence-electron chi connectivity index (χ4n) is 7.62. The van der Waals surface area contributed by atoms with Gasteiger partial charge in [-0.15, -0.1) is 0 Å². The number of para-hydroxylation sites is 1. The van der Waals surface area contributed by atoms with Crippen LogP contribution in [0.2, 0.25) is 0 Å². The van der Waals surface area contributed by atoms with E-state index in [-0.39, 0.29) is 31.2 Å². The first kappa shape index (κ1) is 44.2. The number of phenolic OH excluding ortho intramolecular Hbond substituents is 1.